The summed E-state index contributed by atoms with van der Waals surface area (Å²) in [7, 11) is 0. The number of carbonyl (C=O) groups excluding carboxylic acids is 1. The van der Waals surface area contributed by atoms with Crippen LogP contribution in [0.4, 0.5) is 5.69 Å². The van der Waals surface area contributed by atoms with Gasteiger partial charge in [-0.3, -0.25) is 4.79 Å². The van der Waals surface area contributed by atoms with Gasteiger partial charge in [0.1, 0.15) is 18.5 Å². The number of pyridine rings is 1. The fraction of sp³-hybridized carbons (Fsp3) is 0.444. The van der Waals surface area contributed by atoms with E-state index in [2.05, 4.69) is 45.9 Å². The van der Waals surface area contributed by atoms with Crippen LogP contribution >= 0.6 is 11.6 Å². The number of nitrogens with zero attached hydrogens (tertiary/aromatic N) is 2. The van der Waals surface area contributed by atoms with Crippen LogP contribution < -0.4 is 31.4 Å². The Bertz CT molecular complexity index is 1360. The molecule has 0 spiro atoms. The summed E-state index contributed by atoms with van der Waals surface area (Å²) in [5, 5.41) is 3.69. The summed E-state index contributed by atoms with van der Waals surface area (Å²) in [5.74, 6) is 0.589. The second-order valence-corrected chi connectivity index (χ2v) is 11.7. The number of imidazole rings is 1. The molecule has 232 valence electrons. The van der Waals surface area contributed by atoms with E-state index >= 15 is 0 Å². The second-order valence-electron chi connectivity index (χ2n) is 11.3. The van der Waals surface area contributed by atoms with Gasteiger partial charge in [0.05, 0.1) is 24.2 Å². The number of carbonyl (C=O) groups is 1. The summed E-state index contributed by atoms with van der Waals surface area (Å²) < 4.78 is 10.2. The maximum absolute atomic E-state index is 13.0. The largest absolute Gasteiger partial charge is 1.00 e. The van der Waals surface area contributed by atoms with Crippen molar-refractivity contribution in [3.63, 3.8) is 0 Å². The van der Waals surface area contributed by atoms with Crippen LogP contribution in [0.2, 0.25) is 5.02 Å². The minimum atomic E-state index is -0.0660. The number of fused-ring (bicyclic) bond motifs is 1. The van der Waals surface area contributed by atoms with Crippen molar-refractivity contribution < 1.29 is 30.9 Å². The number of benzene rings is 2. The molecule has 0 aliphatic rings. The summed E-state index contributed by atoms with van der Waals surface area (Å²) in [4.78, 5) is 13.0. The van der Waals surface area contributed by atoms with Gasteiger partial charge in [0.2, 0.25) is 12.2 Å². The van der Waals surface area contributed by atoms with Gasteiger partial charge < -0.3 is 27.0 Å². The molecule has 0 saturated carbocycles. The van der Waals surface area contributed by atoms with E-state index in [-0.39, 0.29) is 29.3 Å². The third-order valence-corrected chi connectivity index (χ3v) is 8.07. The topological polar surface area (TPSA) is 47.4 Å². The first-order valence-corrected chi connectivity index (χ1v) is 16.2. The van der Waals surface area contributed by atoms with E-state index in [9.17, 15) is 4.79 Å². The Labute approximate surface area is 273 Å². The Kier molecular flexibility index (Phi) is 15.7. The Balaban J connectivity index is 0.00000506. The van der Waals surface area contributed by atoms with E-state index in [4.69, 9.17) is 16.3 Å². The third-order valence-electron chi connectivity index (χ3n) is 7.75. The standard InChI is InChI=1S/C36H46ClN3O2.BrH/c1-2-3-4-5-6-7-8-9-10-11-12-17-24-42-35-25-30(21-22-33(35)37)26-36(41)38-34-20-14-13-18-31(34)27-39-28-32-19-15-16-23-40(32)29-39;/h13-16,18-23,25,28-29H,2-12,17,24,26-27H2,1H3;1H. The van der Waals surface area contributed by atoms with Crippen molar-refractivity contribution in [1.82, 2.24) is 4.57 Å². The third kappa shape index (κ3) is 12.0. The van der Waals surface area contributed by atoms with E-state index in [0.29, 0.717) is 23.9 Å². The number of rotatable bonds is 19. The fourth-order valence-electron chi connectivity index (χ4n) is 5.38. The Morgan fingerprint density at radius 3 is 2.26 bits per heavy atom. The number of ether oxygens (including phenoxy) is 1. The molecule has 4 aromatic rings. The highest BCUT2D eigenvalue weighted by Crippen LogP contribution is 2.27. The van der Waals surface area contributed by atoms with Crippen molar-refractivity contribution in [3.05, 3.63) is 95.5 Å². The molecule has 2 aromatic heterocycles. The van der Waals surface area contributed by atoms with E-state index in [0.717, 1.165) is 28.8 Å². The van der Waals surface area contributed by atoms with Crippen molar-refractivity contribution in [2.24, 2.45) is 0 Å². The molecule has 2 heterocycles. The first-order chi connectivity index (χ1) is 20.6. The van der Waals surface area contributed by atoms with E-state index in [1.54, 1.807) is 0 Å². The van der Waals surface area contributed by atoms with Gasteiger partial charge in [0, 0.05) is 11.3 Å². The SMILES string of the molecule is CCCCCCCCCCCCCCOc1cc(CC(=O)Nc2ccccc2Cn2cc3cccc[n+]3c2)ccc1Cl.[Br-]. The van der Waals surface area contributed by atoms with Crippen LogP contribution in [0.15, 0.2) is 79.4 Å². The lowest BCUT2D eigenvalue weighted by Gasteiger charge is -2.12. The summed E-state index contributed by atoms with van der Waals surface area (Å²) in [6, 6.07) is 19.7. The number of hydrogen-bond acceptors (Lipinski definition) is 2. The molecular formula is C36H47BrClN3O2. The van der Waals surface area contributed by atoms with Crippen LogP contribution in [0.3, 0.4) is 0 Å². The molecule has 43 heavy (non-hydrogen) atoms. The molecule has 1 amide bonds. The van der Waals surface area contributed by atoms with Crippen molar-refractivity contribution in [1.29, 1.82) is 0 Å². The molecule has 0 radical (unpaired) electrons. The lowest BCUT2D eigenvalue weighted by molar-refractivity contribution is -0.512. The molecule has 1 N–H and O–H groups in total. The molecule has 5 nitrogen and oxygen atoms in total. The monoisotopic (exact) mass is 667 g/mol. The quantitative estimate of drug-likeness (QED) is 0.0957. The summed E-state index contributed by atoms with van der Waals surface area (Å²) >= 11 is 6.41. The highest BCUT2D eigenvalue weighted by Gasteiger charge is 2.13. The predicted molar refractivity (Wildman–Crippen MR) is 173 cm³/mol. The molecule has 0 fully saturated rings. The Morgan fingerprint density at radius 1 is 0.860 bits per heavy atom. The maximum atomic E-state index is 13.0. The highest BCUT2D eigenvalue weighted by atomic mass is 79.9. The molecule has 0 unspecified atom stereocenters. The first-order valence-electron chi connectivity index (χ1n) is 15.9. The molecule has 0 bridgehead atoms. The fourth-order valence-corrected chi connectivity index (χ4v) is 5.56. The van der Waals surface area contributed by atoms with Crippen LogP contribution in [-0.4, -0.2) is 17.1 Å². The number of aromatic nitrogens is 2. The van der Waals surface area contributed by atoms with Gasteiger partial charge in [0.25, 0.3) is 0 Å². The smallest absolute Gasteiger partial charge is 0.249 e. The zero-order chi connectivity index (χ0) is 29.4. The summed E-state index contributed by atoms with van der Waals surface area (Å²) in [6.07, 6.45) is 22.2. The van der Waals surface area contributed by atoms with Crippen LogP contribution in [0.5, 0.6) is 5.75 Å². The molecule has 4 rings (SSSR count). The van der Waals surface area contributed by atoms with Crippen LogP contribution in [0.25, 0.3) is 5.52 Å². The molecule has 7 heteroatoms. The van der Waals surface area contributed by atoms with E-state index < -0.39 is 0 Å². The van der Waals surface area contributed by atoms with Crippen molar-refractivity contribution in [3.8, 4) is 5.75 Å². The second kappa shape index (κ2) is 19.4. The zero-order valence-corrected chi connectivity index (χ0v) is 27.9. The number of para-hydroxylation sites is 1. The summed E-state index contributed by atoms with van der Waals surface area (Å²) in [5.41, 5.74) is 3.88. The van der Waals surface area contributed by atoms with Gasteiger partial charge in [-0.2, -0.15) is 0 Å². The van der Waals surface area contributed by atoms with Gasteiger partial charge in [0.15, 0.2) is 5.52 Å². The van der Waals surface area contributed by atoms with E-state index in [1.807, 2.05) is 54.7 Å². The molecular weight excluding hydrogens is 622 g/mol. The van der Waals surface area contributed by atoms with Crippen LogP contribution in [0, 0.1) is 0 Å². The number of halogens is 2. The number of unbranched alkanes of at least 4 members (excludes halogenated alkanes) is 11. The van der Waals surface area contributed by atoms with Gasteiger partial charge in [-0.25, -0.2) is 8.97 Å². The number of hydrogen-bond donors (Lipinski definition) is 1. The maximum Gasteiger partial charge on any atom is 0.249 e. The number of amides is 1. The molecule has 0 saturated heterocycles. The minimum Gasteiger partial charge on any atom is -1.00 e. The molecule has 0 aliphatic carbocycles. The number of nitrogens with one attached hydrogen (secondary N) is 1. The number of anilines is 1. The Hall–Kier alpha value is -2.83. The van der Waals surface area contributed by atoms with E-state index in [1.165, 1.54) is 70.6 Å². The lowest BCUT2D eigenvalue weighted by atomic mass is 10.1. The molecule has 0 aliphatic heterocycles. The van der Waals surface area contributed by atoms with Crippen LogP contribution in [-0.2, 0) is 17.8 Å². The zero-order valence-electron chi connectivity index (χ0n) is 25.6. The van der Waals surface area contributed by atoms with Gasteiger partial charge in [-0.05, 0) is 42.3 Å². The van der Waals surface area contributed by atoms with Crippen molar-refractivity contribution >= 4 is 28.7 Å². The lowest BCUT2D eigenvalue weighted by Crippen LogP contribution is -3.00. The average Bonchev–Trinajstić information content (AvgIpc) is 3.40. The van der Waals surface area contributed by atoms with Crippen LogP contribution in [0.1, 0.15) is 95.1 Å². The van der Waals surface area contributed by atoms with Gasteiger partial charge in [-0.15, -0.1) is 0 Å². The minimum absolute atomic E-state index is 0. The average molecular weight is 669 g/mol. The van der Waals surface area contributed by atoms with Crippen molar-refractivity contribution in [2.45, 2.75) is 96.9 Å². The predicted octanol–water partition coefficient (Wildman–Crippen LogP) is 6.19. The molecule has 0 atom stereocenters. The van der Waals surface area contributed by atoms with Gasteiger partial charge in [-0.1, -0.05) is 119 Å². The summed E-state index contributed by atoms with van der Waals surface area (Å²) in [6.45, 7) is 3.58. The normalized spacial score (nSPS) is 10.9. The van der Waals surface area contributed by atoms with Crippen molar-refractivity contribution in [2.75, 3.05) is 11.9 Å². The highest BCUT2D eigenvalue weighted by molar-refractivity contribution is 6.32. The van der Waals surface area contributed by atoms with Gasteiger partial charge >= 0.3 is 0 Å². The Morgan fingerprint density at radius 2 is 1.53 bits per heavy atom. The molecule has 2 aromatic carbocycles. The first kappa shape index (κ1) is 34.7.